The van der Waals surface area contributed by atoms with Gasteiger partial charge in [0.25, 0.3) is 0 Å². The van der Waals surface area contributed by atoms with Crippen molar-refractivity contribution in [2.45, 2.75) is 40.5 Å². The molecule has 0 spiro atoms. The van der Waals surface area contributed by atoms with Gasteiger partial charge in [0.1, 0.15) is 5.82 Å². The van der Waals surface area contributed by atoms with Gasteiger partial charge >= 0.3 is 0 Å². The maximum Gasteiger partial charge on any atom is 0.224 e. The van der Waals surface area contributed by atoms with Gasteiger partial charge in [0.15, 0.2) is 0 Å². The van der Waals surface area contributed by atoms with Gasteiger partial charge in [0, 0.05) is 31.9 Å². The zero-order valence-corrected chi connectivity index (χ0v) is 12.3. The first-order valence-electron chi connectivity index (χ1n) is 6.83. The van der Waals surface area contributed by atoms with Crippen molar-refractivity contribution in [2.24, 2.45) is 5.92 Å². The number of nitrogens with zero attached hydrogens (tertiary/aromatic N) is 3. The summed E-state index contributed by atoms with van der Waals surface area (Å²) in [5.41, 5.74) is 1.01. The van der Waals surface area contributed by atoms with Gasteiger partial charge in [0.05, 0.1) is 0 Å². The van der Waals surface area contributed by atoms with E-state index in [0.29, 0.717) is 5.92 Å². The van der Waals surface area contributed by atoms with E-state index >= 15 is 0 Å². The van der Waals surface area contributed by atoms with Crippen molar-refractivity contribution >= 4 is 11.8 Å². The van der Waals surface area contributed by atoms with Crippen molar-refractivity contribution in [3.63, 3.8) is 0 Å². The third-order valence-electron chi connectivity index (χ3n) is 2.81. The molecular weight excluding hydrogens is 224 g/mol. The number of aryl methyl sites for hydroxylation is 1. The van der Waals surface area contributed by atoms with Gasteiger partial charge in [-0.15, -0.1) is 0 Å². The first-order valence-corrected chi connectivity index (χ1v) is 6.83. The average molecular weight is 250 g/mol. The zero-order valence-electron chi connectivity index (χ0n) is 12.3. The summed E-state index contributed by atoms with van der Waals surface area (Å²) in [6, 6.07) is 2.04. The van der Waals surface area contributed by atoms with Crippen LogP contribution in [0.15, 0.2) is 6.07 Å². The van der Waals surface area contributed by atoms with Crippen LogP contribution in [-0.2, 0) is 0 Å². The largest absolute Gasteiger partial charge is 0.359 e. The molecule has 1 aromatic rings. The molecule has 4 nitrogen and oxygen atoms in total. The maximum atomic E-state index is 4.55. The van der Waals surface area contributed by atoms with Crippen molar-refractivity contribution in [3.8, 4) is 0 Å². The molecule has 0 saturated carbocycles. The molecule has 0 radical (unpaired) electrons. The number of nitrogens with one attached hydrogen (secondary N) is 1. The molecule has 1 heterocycles. The normalized spacial score (nSPS) is 10.8. The molecule has 0 unspecified atom stereocenters. The molecule has 0 bridgehead atoms. The number of hydrogen-bond acceptors (Lipinski definition) is 4. The van der Waals surface area contributed by atoms with E-state index < -0.39 is 0 Å². The van der Waals surface area contributed by atoms with E-state index in [1.165, 1.54) is 6.42 Å². The summed E-state index contributed by atoms with van der Waals surface area (Å²) in [4.78, 5) is 11.2. The minimum absolute atomic E-state index is 0.716. The Kier molecular flexibility index (Phi) is 5.89. The van der Waals surface area contributed by atoms with Gasteiger partial charge in [-0.25, -0.2) is 4.98 Å². The SMILES string of the molecule is CCCNc1nc(C)cc(N(C)CCC(C)C)n1. The third-order valence-corrected chi connectivity index (χ3v) is 2.81. The summed E-state index contributed by atoms with van der Waals surface area (Å²) in [5, 5.41) is 3.25. The molecule has 0 atom stereocenters. The molecule has 102 valence electrons. The molecule has 1 N–H and O–H groups in total. The van der Waals surface area contributed by atoms with E-state index in [1.54, 1.807) is 0 Å². The van der Waals surface area contributed by atoms with E-state index in [2.05, 4.69) is 48.0 Å². The average Bonchev–Trinajstić information content (AvgIpc) is 2.32. The molecule has 0 amide bonds. The number of rotatable bonds is 7. The fourth-order valence-corrected chi connectivity index (χ4v) is 1.63. The van der Waals surface area contributed by atoms with E-state index in [0.717, 1.165) is 37.0 Å². The predicted octanol–water partition coefficient (Wildman–Crippen LogP) is 3.09. The molecule has 0 aliphatic carbocycles. The fraction of sp³-hybridized carbons (Fsp3) is 0.714. The Morgan fingerprint density at radius 3 is 2.67 bits per heavy atom. The van der Waals surface area contributed by atoms with Gasteiger partial charge in [-0.2, -0.15) is 4.98 Å². The summed E-state index contributed by atoms with van der Waals surface area (Å²) < 4.78 is 0. The standard InChI is InChI=1S/C14H26N4/c1-6-8-15-14-16-12(4)10-13(17-14)18(5)9-7-11(2)3/h10-11H,6-9H2,1-5H3,(H,15,16,17). The molecule has 0 aromatic carbocycles. The smallest absolute Gasteiger partial charge is 0.224 e. The van der Waals surface area contributed by atoms with Gasteiger partial charge < -0.3 is 10.2 Å². The minimum atomic E-state index is 0.716. The Hall–Kier alpha value is -1.32. The number of aromatic nitrogens is 2. The molecule has 0 aliphatic rings. The molecule has 1 rings (SSSR count). The van der Waals surface area contributed by atoms with Crippen LogP contribution in [0, 0.1) is 12.8 Å². The highest BCUT2D eigenvalue weighted by Crippen LogP contribution is 2.14. The summed E-state index contributed by atoms with van der Waals surface area (Å²) in [7, 11) is 2.09. The van der Waals surface area contributed by atoms with Crippen LogP contribution >= 0.6 is 0 Å². The highest BCUT2D eigenvalue weighted by Gasteiger charge is 2.07. The molecule has 0 fully saturated rings. The van der Waals surface area contributed by atoms with Crippen molar-refractivity contribution < 1.29 is 0 Å². The second-order valence-electron chi connectivity index (χ2n) is 5.22. The third kappa shape index (κ3) is 4.90. The van der Waals surface area contributed by atoms with Crippen LogP contribution in [0.2, 0.25) is 0 Å². The monoisotopic (exact) mass is 250 g/mol. The van der Waals surface area contributed by atoms with E-state index in [1.807, 2.05) is 13.0 Å². The van der Waals surface area contributed by atoms with E-state index in [9.17, 15) is 0 Å². The van der Waals surface area contributed by atoms with Crippen molar-refractivity contribution in [3.05, 3.63) is 11.8 Å². The van der Waals surface area contributed by atoms with Crippen molar-refractivity contribution in [1.29, 1.82) is 0 Å². The number of hydrogen-bond donors (Lipinski definition) is 1. The topological polar surface area (TPSA) is 41.1 Å². The van der Waals surface area contributed by atoms with Gasteiger partial charge in [0.2, 0.25) is 5.95 Å². The molecule has 0 aliphatic heterocycles. The maximum absolute atomic E-state index is 4.55. The van der Waals surface area contributed by atoms with E-state index in [4.69, 9.17) is 0 Å². The van der Waals surface area contributed by atoms with Gasteiger partial charge in [-0.05, 0) is 25.7 Å². The first kappa shape index (κ1) is 14.7. The van der Waals surface area contributed by atoms with Crippen molar-refractivity contribution in [1.82, 2.24) is 9.97 Å². The first-order chi connectivity index (χ1) is 8.52. The van der Waals surface area contributed by atoms with Crippen LogP contribution in [0.4, 0.5) is 11.8 Å². The highest BCUT2D eigenvalue weighted by atomic mass is 15.2. The van der Waals surface area contributed by atoms with Crippen LogP contribution in [0.5, 0.6) is 0 Å². The predicted molar refractivity (Wildman–Crippen MR) is 78.3 cm³/mol. The van der Waals surface area contributed by atoms with Crippen molar-refractivity contribution in [2.75, 3.05) is 30.4 Å². The summed E-state index contributed by atoms with van der Waals surface area (Å²) in [6.07, 6.45) is 2.26. The molecule has 4 heteroatoms. The number of anilines is 2. The summed E-state index contributed by atoms with van der Waals surface area (Å²) >= 11 is 0. The van der Waals surface area contributed by atoms with Crippen LogP contribution in [-0.4, -0.2) is 30.1 Å². The highest BCUT2D eigenvalue weighted by molar-refractivity contribution is 5.43. The Morgan fingerprint density at radius 2 is 2.06 bits per heavy atom. The lowest BCUT2D eigenvalue weighted by atomic mass is 10.1. The Morgan fingerprint density at radius 1 is 1.33 bits per heavy atom. The van der Waals surface area contributed by atoms with Gasteiger partial charge in [-0.1, -0.05) is 20.8 Å². The molecule has 1 aromatic heterocycles. The van der Waals surface area contributed by atoms with E-state index in [-0.39, 0.29) is 0 Å². The second kappa shape index (κ2) is 7.19. The van der Waals surface area contributed by atoms with Crippen LogP contribution < -0.4 is 10.2 Å². The Labute approximate surface area is 111 Å². The fourth-order valence-electron chi connectivity index (χ4n) is 1.63. The molecule has 18 heavy (non-hydrogen) atoms. The lowest BCUT2D eigenvalue weighted by Gasteiger charge is -2.20. The molecular formula is C14H26N4. The minimum Gasteiger partial charge on any atom is -0.359 e. The Balaban J connectivity index is 2.71. The lowest BCUT2D eigenvalue weighted by molar-refractivity contribution is 0.583. The quantitative estimate of drug-likeness (QED) is 0.807. The van der Waals surface area contributed by atoms with Crippen LogP contribution in [0.3, 0.4) is 0 Å². The van der Waals surface area contributed by atoms with Gasteiger partial charge in [-0.3, -0.25) is 0 Å². The van der Waals surface area contributed by atoms with Crippen LogP contribution in [0.25, 0.3) is 0 Å². The molecule has 0 saturated heterocycles. The second-order valence-corrected chi connectivity index (χ2v) is 5.22. The van der Waals surface area contributed by atoms with Crippen LogP contribution in [0.1, 0.15) is 39.3 Å². The summed E-state index contributed by atoms with van der Waals surface area (Å²) in [6.45, 7) is 10.6. The Bertz CT molecular complexity index is 363. The lowest BCUT2D eigenvalue weighted by Crippen LogP contribution is -2.22. The zero-order chi connectivity index (χ0) is 13.5. The summed E-state index contributed by atoms with van der Waals surface area (Å²) in [5.74, 6) is 2.46.